The first-order valence-electron chi connectivity index (χ1n) is 9.88. The van der Waals surface area contributed by atoms with E-state index in [-0.39, 0.29) is 0 Å². The third kappa shape index (κ3) is 5.89. The Balaban J connectivity index is 0.000000146. The Morgan fingerprint density at radius 3 is 1.96 bits per heavy atom. The highest BCUT2D eigenvalue weighted by Crippen LogP contribution is 2.26. The van der Waals surface area contributed by atoms with Crippen molar-refractivity contribution >= 4 is 0 Å². The number of phenols is 1. The molecule has 1 saturated heterocycles. The molecule has 0 amide bonds. The van der Waals surface area contributed by atoms with Crippen LogP contribution in [0.4, 0.5) is 0 Å². The molecule has 0 aromatic heterocycles. The van der Waals surface area contributed by atoms with Crippen LogP contribution in [0.5, 0.6) is 5.75 Å². The van der Waals surface area contributed by atoms with Crippen LogP contribution in [0.3, 0.4) is 0 Å². The van der Waals surface area contributed by atoms with Gasteiger partial charge in [-0.05, 0) is 68.0 Å². The number of rotatable bonds is 3. The van der Waals surface area contributed by atoms with Crippen LogP contribution in [0, 0.1) is 5.92 Å². The number of piperidine rings is 1. The summed E-state index contributed by atoms with van der Waals surface area (Å²) in [6.45, 7) is 4.19. The molecule has 0 bridgehead atoms. The summed E-state index contributed by atoms with van der Waals surface area (Å²) in [5, 5.41) is 9.10. The number of likely N-dealkylation sites (tertiary alicyclic amines) is 1. The van der Waals surface area contributed by atoms with Crippen molar-refractivity contribution in [1.82, 2.24) is 4.90 Å². The lowest BCUT2D eigenvalue weighted by Gasteiger charge is -2.28. The Kier molecular flexibility index (Phi) is 6.93. The number of hydrogen-bond acceptors (Lipinski definition) is 2. The molecule has 1 N–H and O–H groups in total. The average molecular weight is 338 g/mol. The molecule has 0 spiro atoms. The zero-order valence-corrected chi connectivity index (χ0v) is 15.2. The van der Waals surface area contributed by atoms with Gasteiger partial charge in [0.15, 0.2) is 0 Å². The number of benzene rings is 2. The fourth-order valence-electron chi connectivity index (χ4n) is 3.98. The molecular formula is C23H31NO. The zero-order chi connectivity index (χ0) is 17.3. The van der Waals surface area contributed by atoms with Gasteiger partial charge in [-0.3, -0.25) is 0 Å². The summed E-state index contributed by atoms with van der Waals surface area (Å²) in [4.78, 5) is 2.69. The van der Waals surface area contributed by atoms with E-state index in [2.05, 4.69) is 4.90 Å². The lowest BCUT2D eigenvalue weighted by molar-refractivity contribution is 0.196. The van der Waals surface area contributed by atoms with E-state index in [1.54, 1.807) is 12.1 Å². The Morgan fingerprint density at radius 1 is 0.720 bits per heavy atom. The quantitative estimate of drug-likeness (QED) is 0.774. The summed E-state index contributed by atoms with van der Waals surface area (Å²) in [7, 11) is 0. The predicted octanol–water partition coefficient (Wildman–Crippen LogP) is 5.72. The predicted molar refractivity (Wildman–Crippen MR) is 106 cm³/mol. The highest BCUT2D eigenvalue weighted by molar-refractivity contribution is 5.63. The van der Waals surface area contributed by atoms with E-state index >= 15 is 0 Å². The lowest BCUT2D eigenvalue weighted by Crippen LogP contribution is -2.33. The number of hydrogen-bond donors (Lipinski definition) is 1. The van der Waals surface area contributed by atoms with Gasteiger partial charge in [-0.1, -0.05) is 61.7 Å². The molecule has 25 heavy (non-hydrogen) atoms. The molecule has 2 aliphatic rings. The molecule has 2 aromatic rings. The Hall–Kier alpha value is -1.80. The summed E-state index contributed by atoms with van der Waals surface area (Å²) < 4.78 is 0. The maximum absolute atomic E-state index is 9.10. The minimum absolute atomic E-state index is 0.305. The lowest BCUT2D eigenvalue weighted by atomic mass is 10.1. The molecule has 1 aliphatic carbocycles. The van der Waals surface area contributed by atoms with Gasteiger partial charge < -0.3 is 10.0 Å². The summed E-state index contributed by atoms with van der Waals surface area (Å²) in [5.74, 6) is 1.36. The van der Waals surface area contributed by atoms with Crippen molar-refractivity contribution in [3.63, 3.8) is 0 Å². The summed E-state index contributed by atoms with van der Waals surface area (Å²) in [6.07, 6.45) is 10.4. The van der Waals surface area contributed by atoms with Gasteiger partial charge in [0.25, 0.3) is 0 Å². The maximum Gasteiger partial charge on any atom is 0.115 e. The van der Waals surface area contributed by atoms with E-state index in [1.165, 1.54) is 70.1 Å². The van der Waals surface area contributed by atoms with Crippen LogP contribution in [-0.2, 0) is 0 Å². The van der Waals surface area contributed by atoms with Crippen LogP contribution < -0.4 is 0 Å². The minimum atomic E-state index is 0.305. The van der Waals surface area contributed by atoms with Gasteiger partial charge >= 0.3 is 0 Å². The molecule has 2 heteroatoms. The Labute approximate surface area is 152 Å². The fourth-order valence-corrected chi connectivity index (χ4v) is 3.98. The van der Waals surface area contributed by atoms with E-state index in [0.29, 0.717) is 5.75 Å². The van der Waals surface area contributed by atoms with E-state index in [4.69, 9.17) is 5.11 Å². The molecule has 0 atom stereocenters. The van der Waals surface area contributed by atoms with Crippen molar-refractivity contribution in [3.8, 4) is 16.9 Å². The largest absolute Gasteiger partial charge is 0.508 e. The van der Waals surface area contributed by atoms with E-state index in [9.17, 15) is 0 Å². The molecule has 0 radical (unpaired) electrons. The van der Waals surface area contributed by atoms with Gasteiger partial charge in [0.2, 0.25) is 0 Å². The summed E-state index contributed by atoms with van der Waals surface area (Å²) >= 11 is 0. The Bertz CT molecular complexity index is 596. The SMILES string of the molecule is C1CCN(CC2CCCC2)CC1.Oc1ccc(-c2ccccc2)cc1. The van der Waals surface area contributed by atoms with Crippen molar-refractivity contribution in [2.75, 3.05) is 19.6 Å². The monoisotopic (exact) mass is 337 g/mol. The zero-order valence-electron chi connectivity index (χ0n) is 15.2. The van der Waals surface area contributed by atoms with Gasteiger partial charge in [-0.25, -0.2) is 0 Å². The molecule has 0 unspecified atom stereocenters. The Morgan fingerprint density at radius 2 is 1.32 bits per heavy atom. The van der Waals surface area contributed by atoms with E-state index in [1.807, 2.05) is 42.5 Å². The molecule has 2 fully saturated rings. The van der Waals surface area contributed by atoms with Gasteiger partial charge in [0, 0.05) is 6.54 Å². The molecule has 2 nitrogen and oxygen atoms in total. The second kappa shape index (κ2) is 9.62. The minimum Gasteiger partial charge on any atom is -0.508 e. The van der Waals surface area contributed by atoms with Crippen molar-refractivity contribution in [1.29, 1.82) is 0 Å². The van der Waals surface area contributed by atoms with Gasteiger partial charge in [-0.15, -0.1) is 0 Å². The topological polar surface area (TPSA) is 23.5 Å². The fraction of sp³-hybridized carbons (Fsp3) is 0.478. The third-order valence-electron chi connectivity index (χ3n) is 5.41. The standard InChI is InChI=1S/C12H10O.C11H21N/c13-12-8-6-11(7-9-12)10-4-2-1-3-5-10;1-4-8-12(9-5-1)10-11-6-2-3-7-11/h1-9,13H;11H,1-10H2. The molecule has 134 valence electrons. The van der Waals surface area contributed by atoms with Crippen LogP contribution in [0.2, 0.25) is 0 Å². The molecular weight excluding hydrogens is 306 g/mol. The van der Waals surface area contributed by atoms with Crippen LogP contribution in [0.1, 0.15) is 44.9 Å². The van der Waals surface area contributed by atoms with Crippen molar-refractivity contribution in [2.24, 2.45) is 5.92 Å². The van der Waals surface area contributed by atoms with Crippen LogP contribution >= 0.6 is 0 Å². The van der Waals surface area contributed by atoms with Gasteiger partial charge in [0.1, 0.15) is 5.75 Å². The molecule has 1 heterocycles. The first-order valence-corrected chi connectivity index (χ1v) is 9.88. The van der Waals surface area contributed by atoms with E-state index < -0.39 is 0 Å². The average Bonchev–Trinajstić information content (AvgIpc) is 3.18. The summed E-state index contributed by atoms with van der Waals surface area (Å²) in [5.41, 5.74) is 2.29. The normalized spacial score (nSPS) is 18.6. The number of aromatic hydroxyl groups is 1. The first-order chi connectivity index (χ1) is 12.3. The number of phenolic OH excluding ortho intramolecular Hbond substituents is 1. The van der Waals surface area contributed by atoms with Crippen molar-refractivity contribution < 1.29 is 5.11 Å². The van der Waals surface area contributed by atoms with E-state index in [0.717, 1.165) is 11.5 Å². The maximum atomic E-state index is 9.10. The second-order valence-electron chi connectivity index (χ2n) is 7.42. The van der Waals surface area contributed by atoms with Crippen LogP contribution in [0.15, 0.2) is 54.6 Å². The molecule has 1 saturated carbocycles. The van der Waals surface area contributed by atoms with Gasteiger partial charge in [0.05, 0.1) is 0 Å². The van der Waals surface area contributed by atoms with Gasteiger partial charge in [-0.2, -0.15) is 0 Å². The smallest absolute Gasteiger partial charge is 0.115 e. The molecule has 4 rings (SSSR count). The summed E-state index contributed by atoms with van der Waals surface area (Å²) in [6, 6.07) is 17.3. The third-order valence-corrected chi connectivity index (χ3v) is 5.41. The van der Waals surface area contributed by atoms with Crippen molar-refractivity contribution in [3.05, 3.63) is 54.6 Å². The first kappa shape index (κ1) is 18.0. The highest BCUT2D eigenvalue weighted by atomic mass is 16.3. The van der Waals surface area contributed by atoms with Crippen LogP contribution in [0.25, 0.3) is 11.1 Å². The van der Waals surface area contributed by atoms with Crippen molar-refractivity contribution in [2.45, 2.75) is 44.9 Å². The number of nitrogens with zero attached hydrogens (tertiary/aromatic N) is 1. The molecule has 2 aromatic carbocycles. The molecule has 1 aliphatic heterocycles. The highest BCUT2D eigenvalue weighted by Gasteiger charge is 2.19. The second-order valence-corrected chi connectivity index (χ2v) is 7.42. The van der Waals surface area contributed by atoms with Crippen LogP contribution in [-0.4, -0.2) is 29.6 Å².